The summed E-state index contributed by atoms with van der Waals surface area (Å²) in [5.41, 5.74) is 6.12. The number of hydrogen-bond donors (Lipinski definition) is 3. The molecule has 0 bridgehead atoms. The fraction of sp³-hybridized carbons (Fsp3) is 0.357. The SMILES string of the molecule is CCCC(=O)N1CCCC(c2nc(-c3ccc(C(O)Nc4cc(C(F)(F)F)ccn4)cc3F)c3c(N)nccn23)C1. The van der Waals surface area contributed by atoms with E-state index >= 15 is 4.39 Å². The quantitative estimate of drug-likeness (QED) is 0.207. The summed E-state index contributed by atoms with van der Waals surface area (Å²) in [4.78, 5) is 27.2. The molecule has 1 amide bonds. The van der Waals surface area contributed by atoms with Crippen LogP contribution in [-0.4, -0.2) is 48.4 Å². The number of halogens is 4. The Hall–Kier alpha value is -4.26. The first kappa shape index (κ1) is 28.3. The molecule has 0 radical (unpaired) electrons. The van der Waals surface area contributed by atoms with Crippen LogP contribution in [0.5, 0.6) is 0 Å². The average molecular weight is 572 g/mol. The normalized spacial score (nSPS) is 16.6. The third-order valence-corrected chi connectivity index (χ3v) is 7.15. The van der Waals surface area contributed by atoms with Gasteiger partial charge in [0.15, 0.2) is 6.23 Å². The monoisotopic (exact) mass is 571 g/mol. The Bertz CT molecular complexity index is 1570. The van der Waals surface area contributed by atoms with E-state index in [1.807, 2.05) is 11.8 Å². The number of anilines is 2. The molecule has 4 heterocycles. The first-order chi connectivity index (χ1) is 19.6. The summed E-state index contributed by atoms with van der Waals surface area (Å²) >= 11 is 0. The van der Waals surface area contributed by atoms with Crippen LogP contribution in [0.4, 0.5) is 29.2 Å². The first-order valence-electron chi connectivity index (χ1n) is 13.2. The van der Waals surface area contributed by atoms with Gasteiger partial charge in [-0.2, -0.15) is 13.2 Å². The lowest BCUT2D eigenvalue weighted by molar-refractivity contribution is -0.137. The molecule has 1 saturated heterocycles. The highest BCUT2D eigenvalue weighted by atomic mass is 19.4. The summed E-state index contributed by atoms with van der Waals surface area (Å²) in [6, 6.07) is 5.50. The number of aliphatic hydroxyl groups is 1. The lowest BCUT2D eigenvalue weighted by Gasteiger charge is -2.32. The topological polar surface area (TPSA) is 122 Å². The molecule has 9 nitrogen and oxygen atoms in total. The van der Waals surface area contributed by atoms with Gasteiger partial charge in [0, 0.05) is 55.1 Å². The molecule has 4 N–H and O–H groups in total. The average Bonchev–Trinajstić information content (AvgIpc) is 3.33. The molecule has 0 aliphatic carbocycles. The number of alkyl halides is 3. The van der Waals surface area contributed by atoms with Crippen molar-refractivity contribution in [1.82, 2.24) is 24.3 Å². The molecule has 2 unspecified atom stereocenters. The van der Waals surface area contributed by atoms with E-state index < -0.39 is 23.8 Å². The molecule has 1 aromatic carbocycles. The highest BCUT2D eigenvalue weighted by molar-refractivity contribution is 5.85. The van der Waals surface area contributed by atoms with Crippen LogP contribution in [0.2, 0.25) is 0 Å². The van der Waals surface area contributed by atoms with Crippen molar-refractivity contribution in [3.05, 3.63) is 71.7 Å². The van der Waals surface area contributed by atoms with E-state index in [1.165, 1.54) is 18.3 Å². The van der Waals surface area contributed by atoms with Crippen molar-refractivity contribution in [3.8, 4) is 11.3 Å². The smallest absolute Gasteiger partial charge is 0.382 e. The number of nitrogens with one attached hydrogen (secondary N) is 1. The number of aliphatic hydroxyl groups excluding tert-OH is 1. The number of pyridine rings is 1. The molecule has 2 atom stereocenters. The zero-order valence-corrected chi connectivity index (χ0v) is 22.2. The summed E-state index contributed by atoms with van der Waals surface area (Å²) in [5, 5.41) is 13.0. The van der Waals surface area contributed by atoms with E-state index in [-0.39, 0.29) is 40.3 Å². The largest absolute Gasteiger partial charge is 0.416 e. The molecule has 41 heavy (non-hydrogen) atoms. The Balaban J connectivity index is 1.45. The van der Waals surface area contributed by atoms with E-state index in [9.17, 15) is 23.1 Å². The van der Waals surface area contributed by atoms with Crippen molar-refractivity contribution in [3.63, 3.8) is 0 Å². The molecule has 216 valence electrons. The zero-order valence-electron chi connectivity index (χ0n) is 22.2. The number of carbonyl (C=O) groups excluding carboxylic acids is 1. The lowest BCUT2D eigenvalue weighted by Crippen LogP contribution is -2.39. The Morgan fingerprint density at radius 1 is 1.22 bits per heavy atom. The van der Waals surface area contributed by atoms with E-state index in [2.05, 4.69) is 15.3 Å². The molecule has 4 aromatic rings. The highest BCUT2D eigenvalue weighted by Gasteiger charge is 2.31. The summed E-state index contributed by atoms with van der Waals surface area (Å²) in [6.07, 6.45) is 0.904. The van der Waals surface area contributed by atoms with Gasteiger partial charge in [-0.3, -0.25) is 9.20 Å². The molecule has 5 rings (SSSR count). The standard InChI is InChI=1S/C28H29F4N7O2/c1-2-4-22(40)38-11-3-5-17(15-38)26-37-23(24-25(33)35-10-12-39(24)26)19-7-6-16(13-20(19)29)27(41)36-21-14-18(8-9-34-21)28(30,31)32/h6-10,12-14,17,27,41H,2-5,11,15H2,1H3,(H2,33,35)(H,34,36). The second-order valence-electron chi connectivity index (χ2n) is 9.99. The Morgan fingerprint density at radius 2 is 2.02 bits per heavy atom. The number of carbonyl (C=O) groups is 1. The molecule has 1 fully saturated rings. The van der Waals surface area contributed by atoms with E-state index in [0.717, 1.165) is 43.7 Å². The van der Waals surface area contributed by atoms with Gasteiger partial charge in [0.2, 0.25) is 5.91 Å². The van der Waals surface area contributed by atoms with Crippen molar-refractivity contribution >= 4 is 23.1 Å². The third-order valence-electron chi connectivity index (χ3n) is 7.15. The maximum absolute atomic E-state index is 15.6. The van der Waals surface area contributed by atoms with Crippen molar-refractivity contribution in [2.24, 2.45) is 0 Å². The van der Waals surface area contributed by atoms with Crippen LogP contribution in [0, 0.1) is 5.82 Å². The molecule has 1 aliphatic rings. The van der Waals surface area contributed by atoms with Crippen molar-refractivity contribution in [2.45, 2.75) is 50.9 Å². The minimum Gasteiger partial charge on any atom is -0.382 e. The second kappa shape index (κ2) is 11.3. The Kier molecular flexibility index (Phi) is 7.80. The van der Waals surface area contributed by atoms with E-state index in [1.54, 1.807) is 10.6 Å². The van der Waals surface area contributed by atoms with E-state index in [4.69, 9.17) is 10.7 Å². The van der Waals surface area contributed by atoms with Gasteiger partial charge in [-0.05, 0) is 43.5 Å². The number of aromatic nitrogens is 4. The van der Waals surface area contributed by atoms with Crippen LogP contribution in [0.1, 0.15) is 61.7 Å². The van der Waals surface area contributed by atoms with Crippen molar-refractivity contribution in [1.29, 1.82) is 0 Å². The number of fused-ring (bicyclic) bond motifs is 1. The van der Waals surface area contributed by atoms with Gasteiger partial charge in [0.05, 0.1) is 5.56 Å². The van der Waals surface area contributed by atoms with Crippen LogP contribution in [-0.2, 0) is 11.0 Å². The molecule has 0 saturated carbocycles. The number of imidazole rings is 1. The van der Waals surface area contributed by atoms with Crippen molar-refractivity contribution in [2.75, 3.05) is 24.1 Å². The highest BCUT2D eigenvalue weighted by Crippen LogP contribution is 2.36. The van der Waals surface area contributed by atoms with Gasteiger partial charge in [-0.25, -0.2) is 19.3 Å². The van der Waals surface area contributed by atoms with Gasteiger partial charge >= 0.3 is 6.18 Å². The van der Waals surface area contributed by atoms with Gasteiger partial charge < -0.3 is 21.1 Å². The molecular weight excluding hydrogens is 542 g/mol. The van der Waals surface area contributed by atoms with Gasteiger partial charge in [-0.15, -0.1) is 0 Å². The fourth-order valence-corrected chi connectivity index (χ4v) is 5.15. The van der Waals surface area contributed by atoms with Gasteiger partial charge in [0.1, 0.15) is 34.5 Å². The molecule has 3 aromatic heterocycles. The number of benzene rings is 1. The number of amides is 1. The number of nitrogen functional groups attached to an aromatic ring is 1. The van der Waals surface area contributed by atoms with Gasteiger partial charge in [0.25, 0.3) is 0 Å². The maximum atomic E-state index is 15.6. The number of nitrogens with two attached hydrogens (primary N) is 1. The summed E-state index contributed by atoms with van der Waals surface area (Å²) in [6.45, 7) is 3.13. The lowest BCUT2D eigenvalue weighted by atomic mass is 9.97. The fourth-order valence-electron chi connectivity index (χ4n) is 5.15. The Morgan fingerprint density at radius 3 is 2.76 bits per heavy atom. The molecule has 0 spiro atoms. The predicted octanol–water partition coefficient (Wildman–Crippen LogP) is 5.14. The number of rotatable bonds is 7. The molecule has 13 heteroatoms. The van der Waals surface area contributed by atoms with Crippen LogP contribution in [0.25, 0.3) is 16.8 Å². The summed E-state index contributed by atoms with van der Waals surface area (Å²) < 4.78 is 56.4. The van der Waals surface area contributed by atoms with Crippen LogP contribution < -0.4 is 11.1 Å². The molecule has 1 aliphatic heterocycles. The number of nitrogens with zero attached hydrogens (tertiary/aromatic N) is 5. The van der Waals surface area contributed by atoms with Crippen molar-refractivity contribution < 1.29 is 27.5 Å². The van der Waals surface area contributed by atoms with E-state index in [0.29, 0.717) is 30.9 Å². The van der Waals surface area contributed by atoms with Crippen LogP contribution in [0.3, 0.4) is 0 Å². The van der Waals surface area contributed by atoms with Gasteiger partial charge in [-0.1, -0.05) is 13.0 Å². The predicted molar refractivity (Wildman–Crippen MR) is 144 cm³/mol. The molecular formula is C28H29F4N7O2. The minimum atomic E-state index is -4.58. The summed E-state index contributed by atoms with van der Waals surface area (Å²) in [5.74, 6) is -0.164. The third kappa shape index (κ3) is 5.80. The minimum absolute atomic E-state index is 0.0673. The number of hydrogen-bond acceptors (Lipinski definition) is 7. The van der Waals surface area contributed by atoms with Crippen LogP contribution in [0.15, 0.2) is 48.9 Å². The van der Waals surface area contributed by atoms with Crippen LogP contribution >= 0.6 is 0 Å². The zero-order chi connectivity index (χ0) is 29.3. The second-order valence-corrected chi connectivity index (χ2v) is 9.99. The maximum Gasteiger partial charge on any atom is 0.416 e. The number of likely N-dealkylation sites (tertiary alicyclic amines) is 1. The summed E-state index contributed by atoms with van der Waals surface area (Å²) in [7, 11) is 0. The Labute approximate surface area is 233 Å². The first-order valence-corrected chi connectivity index (χ1v) is 13.2. The number of piperidine rings is 1.